The van der Waals surface area contributed by atoms with Crippen molar-refractivity contribution in [2.45, 2.75) is 294 Å². The predicted molar refractivity (Wildman–Crippen MR) is 226 cm³/mol. The van der Waals surface area contributed by atoms with Crippen LogP contribution in [-0.2, 0) is 0 Å². The van der Waals surface area contributed by atoms with Crippen LogP contribution in [0.15, 0.2) is 0 Å². The molecule has 0 spiro atoms. The van der Waals surface area contributed by atoms with Gasteiger partial charge in [0.25, 0.3) is 0 Å². The molecule has 0 heteroatoms. The molecule has 0 saturated carbocycles. The molecule has 0 atom stereocenters. The number of unbranched alkanes of at least 4 members (excludes halogenated alkanes) is 11. The quantitative estimate of drug-likeness (QED) is 0.211. The molecule has 0 fully saturated rings. The van der Waals surface area contributed by atoms with Gasteiger partial charge in [-0.3, -0.25) is 0 Å². The summed E-state index contributed by atoms with van der Waals surface area (Å²) >= 11 is 0. The van der Waals surface area contributed by atoms with Crippen molar-refractivity contribution in [2.24, 2.45) is 0 Å². The molecule has 0 unspecified atom stereocenters. The summed E-state index contributed by atoms with van der Waals surface area (Å²) in [6, 6.07) is 0. The molecule has 44 heavy (non-hydrogen) atoms. The van der Waals surface area contributed by atoms with Gasteiger partial charge in [0.15, 0.2) is 0 Å². The van der Waals surface area contributed by atoms with E-state index in [2.05, 4.69) is 152 Å². The first-order valence-corrected chi connectivity index (χ1v) is 21.1. The van der Waals surface area contributed by atoms with Crippen molar-refractivity contribution in [3.63, 3.8) is 0 Å². The first-order chi connectivity index (χ1) is 21.1. The van der Waals surface area contributed by atoms with E-state index in [-0.39, 0.29) is 0 Å². The standard InChI is InChI=1S/11C4H10/c11*1-3-4-2/h11*3-4H2,1-2H3. The van der Waals surface area contributed by atoms with Gasteiger partial charge in [-0.05, 0) is 0 Å². The largest absolute Gasteiger partial charge is 0.0654 e. The monoisotopic (exact) mass is 639 g/mol. The topological polar surface area (TPSA) is 0 Å². The molecule has 286 valence electrons. The lowest BCUT2D eigenvalue weighted by Crippen LogP contribution is -1.47. The Balaban J connectivity index is -0.0000000302. The fourth-order valence-electron chi connectivity index (χ4n) is 0. The van der Waals surface area contributed by atoms with Gasteiger partial charge in [-0.15, -0.1) is 0 Å². The normalized spacial score (nSPS) is 7.50. The summed E-state index contributed by atoms with van der Waals surface area (Å²) in [4.78, 5) is 0. The molecule has 0 bridgehead atoms. The first kappa shape index (κ1) is 74.7. The van der Waals surface area contributed by atoms with Crippen LogP contribution in [0, 0.1) is 0 Å². The van der Waals surface area contributed by atoms with Crippen LogP contribution in [0.25, 0.3) is 0 Å². The second-order valence-corrected chi connectivity index (χ2v) is 11.0. The maximum Gasteiger partial charge on any atom is -0.0564 e. The molecule has 0 saturated heterocycles. The van der Waals surface area contributed by atoms with E-state index in [0.29, 0.717) is 0 Å². The summed E-state index contributed by atoms with van der Waals surface area (Å²) in [5.74, 6) is 0. The van der Waals surface area contributed by atoms with Crippen LogP contribution >= 0.6 is 0 Å². The molecule has 0 N–H and O–H groups in total. The number of hydrogen-bond donors (Lipinski definition) is 0. The van der Waals surface area contributed by atoms with Crippen LogP contribution in [0.4, 0.5) is 0 Å². The third-order valence-corrected chi connectivity index (χ3v) is 5.50. The Bertz CT molecular complexity index is 98.1. The van der Waals surface area contributed by atoms with Gasteiger partial charge in [0.05, 0.1) is 0 Å². The van der Waals surface area contributed by atoms with E-state index in [1.54, 1.807) is 0 Å². The Morgan fingerprint density at radius 3 is 0.114 bits per heavy atom. The van der Waals surface area contributed by atoms with Crippen molar-refractivity contribution in [2.75, 3.05) is 0 Å². The summed E-state index contributed by atoms with van der Waals surface area (Å²) in [5, 5.41) is 0. The van der Waals surface area contributed by atoms with Crippen molar-refractivity contribution >= 4 is 0 Å². The Morgan fingerprint density at radius 2 is 0.114 bits per heavy atom. The predicted octanol–water partition coefficient (Wildman–Crippen LogP) is 19.9. The fourth-order valence-corrected chi connectivity index (χ4v) is 0. The van der Waals surface area contributed by atoms with Crippen molar-refractivity contribution in [1.29, 1.82) is 0 Å². The lowest BCUT2D eigenvalue weighted by molar-refractivity contribution is 0.886. The van der Waals surface area contributed by atoms with Gasteiger partial charge in [0, 0.05) is 0 Å². The zero-order valence-corrected chi connectivity index (χ0v) is 37.6. The fraction of sp³-hybridized carbons (Fsp3) is 1.00. The summed E-state index contributed by atoms with van der Waals surface area (Å²) in [6.45, 7) is 48.0. The van der Waals surface area contributed by atoms with Gasteiger partial charge < -0.3 is 0 Å². The van der Waals surface area contributed by atoms with E-state index in [4.69, 9.17) is 0 Å². The maximum absolute atomic E-state index is 2.18. The van der Waals surface area contributed by atoms with Gasteiger partial charge in [0.1, 0.15) is 0 Å². The summed E-state index contributed by atoms with van der Waals surface area (Å²) in [6.07, 6.45) is 29.0. The van der Waals surface area contributed by atoms with E-state index in [1.165, 1.54) is 141 Å². The summed E-state index contributed by atoms with van der Waals surface area (Å²) in [5.41, 5.74) is 0. The van der Waals surface area contributed by atoms with Gasteiger partial charge in [-0.25, -0.2) is 0 Å². The molecule has 0 amide bonds. The number of rotatable bonds is 11. The number of hydrogen-bond acceptors (Lipinski definition) is 0. The van der Waals surface area contributed by atoms with Gasteiger partial charge in [-0.2, -0.15) is 0 Å². The van der Waals surface area contributed by atoms with Crippen LogP contribution in [0.2, 0.25) is 0 Å². The summed E-state index contributed by atoms with van der Waals surface area (Å²) < 4.78 is 0. The van der Waals surface area contributed by atoms with Crippen LogP contribution in [0.3, 0.4) is 0 Å². The molecule has 0 heterocycles. The van der Waals surface area contributed by atoms with Crippen LogP contribution < -0.4 is 0 Å². The minimum Gasteiger partial charge on any atom is -0.0654 e. The second-order valence-electron chi connectivity index (χ2n) is 11.0. The van der Waals surface area contributed by atoms with E-state index < -0.39 is 0 Å². The molecule has 0 nitrogen and oxygen atoms in total. The smallest absolute Gasteiger partial charge is 0.0564 e. The van der Waals surface area contributed by atoms with Crippen LogP contribution in [-0.4, -0.2) is 0 Å². The molecular weight excluding hydrogens is 528 g/mol. The highest BCUT2D eigenvalue weighted by Gasteiger charge is 1.60. The van der Waals surface area contributed by atoms with Crippen LogP contribution in [0.1, 0.15) is 294 Å². The van der Waals surface area contributed by atoms with Crippen LogP contribution in [0.5, 0.6) is 0 Å². The van der Waals surface area contributed by atoms with E-state index in [0.717, 1.165) is 0 Å². The molecule has 0 aliphatic heterocycles. The molecule has 0 rings (SSSR count). The van der Waals surface area contributed by atoms with Gasteiger partial charge in [-0.1, -0.05) is 294 Å². The third-order valence-electron chi connectivity index (χ3n) is 5.50. The molecule has 0 aromatic rings. The zero-order chi connectivity index (χ0) is 37.6. The molecular formula is C44H110. The molecule has 0 aliphatic rings. The highest BCUT2D eigenvalue weighted by atomic mass is 13.7. The molecule has 0 aliphatic carbocycles. The zero-order valence-electron chi connectivity index (χ0n) is 37.6. The van der Waals surface area contributed by atoms with E-state index in [9.17, 15) is 0 Å². The Hall–Kier alpha value is 0. The SMILES string of the molecule is CCCC.CCCC.CCCC.CCCC.CCCC.CCCC.CCCC.CCCC.CCCC.CCCC.CCCC. The lowest BCUT2D eigenvalue weighted by atomic mass is 10.4. The lowest BCUT2D eigenvalue weighted by Gasteiger charge is -1.68. The van der Waals surface area contributed by atoms with Gasteiger partial charge >= 0.3 is 0 Å². The Morgan fingerprint density at radius 1 is 0.0909 bits per heavy atom. The Labute approximate surface area is 292 Å². The van der Waals surface area contributed by atoms with Crippen molar-refractivity contribution < 1.29 is 0 Å². The third kappa shape index (κ3) is 583. The second kappa shape index (κ2) is 157. The van der Waals surface area contributed by atoms with E-state index >= 15 is 0 Å². The average Bonchev–Trinajstić information content (AvgIpc) is 3.12. The minimum atomic E-state index is 1.32. The van der Waals surface area contributed by atoms with Crippen molar-refractivity contribution in [1.82, 2.24) is 0 Å². The van der Waals surface area contributed by atoms with Crippen molar-refractivity contribution in [3.8, 4) is 0 Å². The molecule has 0 radical (unpaired) electrons. The minimum absolute atomic E-state index is 1.32. The highest BCUT2D eigenvalue weighted by molar-refractivity contribution is 4.16. The highest BCUT2D eigenvalue weighted by Crippen LogP contribution is 1.80. The van der Waals surface area contributed by atoms with Crippen molar-refractivity contribution in [3.05, 3.63) is 0 Å². The van der Waals surface area contributed by atoms with Gasteiger partial charge in [0.2, 0.25) is 0 Å². The first-order valence-electron chi connectivity index (χ1n) is 21.1. The average molecular weight is 639 g/mol. The Kier molecular flexibility index (Phi) is 266. The molecule has 0 aromatic heterocycles. The summed E-state index contributed by atoms with van der Waals surface area (Å²) in [7, 11) is 0. The maximum atomic E-state index is 2.18. The molecule has 0 aromatic carbocycles. The van der Waals surface area contributed by atoms with E-state index in [1.807, 2.05) is 0 Å².